The van der Waals surface area contributed by atoms with Crippen molar-refractivity contribution in [2.75, 3.05) is 44.2 Å². The Morgan fingerprint density at radius 2 is 1.74 bits per heavy atom. The number of amidine groups is 1. The topological polar surface area (TPSA) is 128 Å². The molecule has 2 amide bonds. The first-order valence-corrected chi connectivity index (χ1v) is 18.9. The molecule has 3 aliphatic heterocycles. The fourth-order valence-electron chi connectivity index (χ4n) is 6.96. The Labute approximate surface area is 321 Å². The highest BCUT2D eigenvalue weighted by Crippen LogP contribution is 2.38. The number of rotatable bonds is 10. The van der Waals surface area contributed by atoms with Gasteiger partial charge in [0.25, 0.3) is 0 Å². The van der Waals surface area contributed by atoms with Gasteiger partial charge in [0.15, 0.2) is 10.8 Å². The molecule has 7 rings (SSSR count). The normalized spacial score (nSPS) is 19.2. The maximum absolute atomic E-state index is 13.7. The van der Waals surface area contributed by atoms with Gasteiger partial charge in [-0.25, -0.2) is 14.6 Å². The van der Waals surface area contributed by atoms with E-state index < -0.39 is 23.4 Å². The number of ether oxygens (including phenoxy) is 1. The number of benzene rings is 3. The van der Waals surface area contributed by atoms with Crippen LogP contribution in [-0.2, 0) is 19.7 Å². The molecule has 2 saturated heterocycles. The fourth-order valence-corrected chi connectivity index (χ4v) is 8.06. The number of hydrogen-bond donors (Lipinski definition) is 2. The summed E-state index contributed by atoms with van der Waals surface area (Å²) in [7, 11) is 0. The van der Waals surface area contributed by atoms with E-state index in [0.717, 1.165) is 22.4 Å². The minimum Gasteiger partial charge on any atom is -0.481 e. The first-order valence-electron chi connectivity index (χ1n) is 17.3. The summed E-state index contributed by atoms with van der Waals surface area (Å²) in [6.07, 6.45) is 1.70. The van der Waals surface area contributed by atoms with Gasteiger partial charge >= 0.3 is 18.0 Å². The molecule has 3 aliphatic rings. The van der Waals surface area contributed by atoms with Gasteiger partial charge in [0.2, 0.25) is 0 Å². The minimum absolute atomic E-state index is 0.0412. The van der Waals surface area contributed by atoms with Crippen LogP contribution in [0.2, 0.25) is 10.0 Å². The molecule has 2 atom stereocenters. The molecule has 0 spiro atoms. The number of halogens is 2. The Balaban J connectivity index is 1.10. The molecule has 14 heteroatoms. The second-order valence-electron chi connectivity index (χ2n) is 13.7. The summed E-state index contributed by atoms with van der Waals surface area (Å²) in [6.45, 7) is 7.95. The number of nitrogens with zero attached hydrogens (tertiary/aromatic N) is 5. The number of nitrogens with one attached hydrogen (secondary N) is 1. The summed E-state index contributed by atoms with van der Waals surface area (Å²) in [5.74, 6) is -0.836. The van der Waals surface area contributed by atoms with Gasteiger partial charge in [-0.3, -0.25) is 19.6 Å². The quantitative estimate of drug-likeness (QED) is 0.165. The van der Waals surface area contributed by atoms with Crippen molar-refractivity contribution in [1.82, 2.24) is 20.1 Å². The van der Waals surface area contributed by atoms with E-state index in [2.05, 4.69) is 15.2 Å². The molecule has 4 heterocycles. The molecule has 3 aromatic carbocycles. The Morgan fingerprint density at radius 1 is 1.02 bits per heavy atom. The lowest BCUT2D eigenvalue weighted by Crippen LogP contribution is -2.53. The van der Waals surface area contributed by atoms with Crippen molar-refractivity contribution in [3.05, 3.63) is 116 Å². The van der Waals surface area contributed by atoms with E-state index in [4.69, 9.17) is 32.9 Å². The van der Waals surface area contributed by atoms with Gasteiger partial charge in [0, 0.05) is 71.3 Å². The van der Waals surface area contributed by atoms with Crippen LogP contribution in [0.3, 0.4) is 0 Å². The number of anilines is 1. The Morgan fingerprint density at radius 3 is 2.38 bits per heavy atom. The number of aromatic nitrogens is 1. The fraction of sp³-hybridized carbons (Fsp3) is 0.308. The van der Waals surface area contributed by atoms with E-state index in [-0.39, 0.29) is 18.7 Å². The van der Waals surface area contributed by atoms with Crippen molar-refractivity contribution in [3.8, 4) is 11.1 Å². The molecule has 2 N–H and O–H groups in total. The molecule has 0 aliphatic carbocycles. The number of hydrogen-bond acceptors (Lipinski definition) is 9. The highest BCUT2D eigenvalue weighted by Gasteiger charge is 2.42. The highest BCUT2D eigenvalue weighted by molar-refractivity contribution is 7.11. The number of piperazine rings is 1. The Bertz CT molecular complexity index is 2100. The number of carboxylic acid groups (broad SMARTS) is 1. The molecule has 274 valence electrons. The molecule has 53 heavy (non-hydrogen) atoms. The van der Waals surface area contributed by atoms with E-state index in [9.17, 15) is 19.5 Å². The number of esters is 1. The third-order valence-corrected chi connectivity index (χ3v) is 11.3. The van der Waals surface area contributed by atoms with Gasteiger partial charge in [-0.1, -0.05) is 65.7 Å². The third kappa shape index (κ3) is 7.28. The highest BCUT2D eigenvalue weighted by atomic mass is 35.5. The molecule has 11 nitrogen and oxygen atoms in total. The van der Waals surface area contributed by atoms with Crippen molar-refractivity contribution >= 4 is 64.0 Å². The number of carbonyl (C=O) groups is 3. The van der Waals surface area contributed by atoms with Gasteiger partial charge in [-0.15, -0.1) is 11.3 Å². The number of carbonyl (C=O) groups excluding carboxylic acids is 2. The number of urea groups is 1. The van der Waals surface area contributed by atoms with Crippen LogP contribution in [0.1, 0.15) is 42.9 Å². The smallest absolute Gasteiger partial charge is 0.338 e. The number of amides is 2. The summed E-state index contributed by atoms with van der Waals surface area (Å²) < 4.78 is 5.56. The van der Waals surface area contributed by atoms with Crippen LogP contribution < -0.4 is 10.2 Å². The first kappa shape index (κ1) is 36.6. The zero-order valence-corrected chi connectivity index (χ0v) is 31.7. The van der Waals surface area contributed by atoms with Crippen LogP contribution >= 0.6 is 34.5 Å². The van der Waals surface area contributed by atoms with Crippen LogP contribution in [0.5, 0.6) is 0 Å². The lowest BCUT2D eigenvalue weighted by atomic mass is 9.84. The van der Waals surface area contributed by atoms with Gasteiger partial charge in [0.05, 0.1) is 23.6 Å². The van der Waals surface area contributed by atoms with E-state index in [1.54, 1.807) is 45.2 Å². The predicted molar refractivity (Wildman–Crippen MR) is 207 cm³/mol. The zero-order valence-electron chi connectivity index (χ0n) is 29.4. The van der Waals surface area contributed by atoms with Crippen LogP contribution in [0.25, 0.3) is 11.1 Å². The third-order valence-electron chi connectivity index (χ3n) is 9.99. The van der Waals surface area contributed by atoms with E-state index in [0.29, 0.717) is 70.4 Å². The molecule has 0 bridgehead atoms. The minimum atomic E-state index is -0.986. The lowest BCUT2D eigenvalue weighted by molar-refractivity contribution is -0.142. The molecule has 1 aromatic heterocycles. The lowest BCUT2D eigenvalue weighted by Gasteiger charge is -2.38. The first-order chi connectivity index (χ1) is 25.4. The summed E-state index contributed by atoms with van der Waals surface area (Å²) >= 11 is 14.4. The van der Waals surface area contributed by atoms with Crippen LogP contribution in [0, 0.1) is 0 Å². The average molecular weight is 774 g/mol. The molecule has 0 radical (unpaired) electrons. The number of thiazole rings is 1. The summed E-state index contributed by atoms with van der Waals surface area (Å²) in [6, 6.07) is 19.7. The maximum Gasteiger partial charge on any atom is 0.338 e. The van der Waals surface area contributed by atoms with Crippen molar-refractivity contribution in [2.24, 2.45) is 4.99 Å². The van der Waals surface area contributed by atoms with Gasteiger partial charge in [0.1, 0.15) is 6.04 Å². The number of aliphatic imine (C=N–C) groups is 1. The summed E-state index contributed by atoms with van der Waals surface area (Å²) in [4.78, 5) is 54.4. The van der Waals surface area contributed by atoms with Crippen molar-refractivity contribution < 1.29 is 24.2 Å². The number of carboxylic acids is 1. The molecular weight excluding hydrogens is 735 g/mol. The summed E-state index contributed by atoms with van der Waals surface area (Å²) in [5, 5.41) is 16.4. The Kier molecular flexibility index (Phi) is 10.3. The monoisotopic (exact) mass is 772 g/mol. The van der Waals surface area contributed by atoms with Crippen molar-refractivity contribution in [2.45, 2.75) is 38.3 Å². The van der Waals surface area contributed by atoms with E-state index in [1.165, 1.54) is 11.3 Å². The predicted octanol–water partition coefficient (Wildman–Crippen LogP) is 7.01. The maximum atomic E-state index is 13.7. The van der Waals surface area contributed by atoms with E-state index in [1.807, 2.05) is 63.7 Å². The molecule has 2 fully saturated rings. The SMILES string of the molecule is CCOC(=O)C1=C(CN2CCN3C(=O)N(c4ccc(-c5ccc(C(C)(C)C(=O)O)cc5)cc4)C[C@@H]3C2)NC(c2nccs2)=N[C@H]1c1ccc(Cl)cc1Cl. The standard InChI is InChI=1S/C39H38Cl2N6O5S/c1-4-52-36(48)32-31(43-34(35-42-15-18-53-35)44-33(32)29-14-11-26(40)19-30(29)41)22-45-16-17-46-28(20-45)21-47(38(46)51)27-12-7-24(8-13-27)23-5-9-25(10-6-23)39(2,3)37(49)50/h5-15,18-19,28,33H,4,16-17,20-22H2,1-3H3,(H,43,44)(H,49,50)/t28-,33-/m0/s1. The van der Waals surface area contributed by atoms with E-state index >= 15 is 0 Å². The van der Waals surface area contributed by atoms with Crippen molar-refractivity contribution in [1.29, 1.82) is 0 Å². The van der Waals surface area contributed by atoms with Gasteiger partial charge < -0.3 is 20.1 Å². The van der Waals surface area contributed by atoms with Gasteiger partial charge in [-0.2, -0.15) is 0 Å². The van der Waals surface area contributed by atoms with Crippen molar-refractivity contribution in [3.63, 3.8) is 0 Å². The molecule has 0 saturated carbocycles. The molecular formula is C39H38Cl2N6O5S. The van der Waals surface area contributed by atoms with Crippen LogP contribution in [-0.4, -0.2) is 89.1 Å². The second kappa shape index (κ2) is 14.9. The zero-order chi connectivity index (χ0) is 37.4. The van der Waals surface area contributed by atoms with Crippen LogP contribution in [0.4, 0.5) is 10.5 Å². The summed E-state index contributed by atoms with van der Waals surface area (Å²) in [5.41, 5.74) is 4.10. The molecule has 0 unspecified atom stereocenters. The largest absolute Gasteiger partial charge is 0.481 e. The molecule has 4 aromatic rings. The number of fused-ring (bicyclic) bond motifs is 1. The second-order valence-corrected chi connectivity index (χ2v) is 15.4. The van der Waals surface area contributed by atoms with Crippen LogP contribution in [0.15, 0.2) is 94.6 Å². The Hall–Kier alpha value is -4.75. The van der Waals surface area contributed by atoms with Gasteiger partial charge in [-0.05, 0) is 61.7 Å². The number of aliphatic carboxylic acids is 1. The average Bonchev–Trinajstić information content (AvgIpc) is 3.80.